The Morgan fingerprint density at radius 2 is 0.840 bits per heavy atom. The molecule has 22 aromatic rings. The Kier molecular flexibility index (Phi) is 34.1. The Hall–Kier alpha value is -13.4. The van der Waals surface area contributed by atoms with Crippen molar-refractivity contribution in [1.82, 2.24) is 113 Å². The van der Waals surface area contributed by atoms with Gasteiger partial charge in [0.2, 0.25) is 0 Å². The molecular weight excluding hydrogens is 1690 g/mol. The highest BCUT2D eigenvalue weighted by Crippen LogP contribution is 2.32. The van der Waals surface area contributed by atoms with E-state index in [1.165, 1.54) is 48.5 Å². The highest BCUT2D eigenvalue weighted by molar-refractivity contribution is 7.16. The summed E-state index contributed by atoms with van der Waals surface area (Å²) in [6, 6.07) is 60.7. The molecule has 0 aliphatic rings. The normalized spacial score (nSPS) is 11.3. The first-order valence-corrected chi connectivity index (χ1v) is 47.2. The van der Waals surface area contributed by atoms with Crippen LogP contribution in [0, 0.1) is 0 Å². The highest BCUT2D eigenvalue weighted by atomic mass is 32.1. The van der Waals surface area contributed by atoms with Crippen LogP contribution in [0.15, 0.2) is 259 Å². The molecule has 18 aromatic heterocycles. The van der Waals surface area contributed by atoms with E-state index in [2.05, 4.69) is 299 Å². The molecule has 3 N–H and O–H groups in total. The van der Waals surface area contributed by atoms with Gasteiger partial charge in [0.05, 0.1) is 73.8 Å². The largest absolute Gasteiger partial charge is 0.360 e. The van der Waals surface area contributed by atoms with Crippen molar-refractivity contribution in [3.63, 3.8) is 0 Å². The Morgan fingerprint density at radius 3 is 1.52 bits per heavy atom. The molecule has 0 saturated carbocycles. The smallest absolute Gasteiger partial charge is 0.165 e. The molecule has 0 unspecified atom stereocenters. The Balaban J connectivity index is 0.000000130. The van der Waals surface area contributed by atoms with Gasteiger partial charge in [-0.15, -0.1) is 11.3 Å². The minimum atomic E-state index is 0.338. The number of aromatic amines is 3. The topological polar surface area (TPSA) is 298 Å². The molecule has 0 aliphatic carbocycles. The number of rotatable bonds is 11. The van der Waals surface area contributed by atoms with Crippen LogP contribution in [-0.4, -0.2) is 113 Å². The molecular formula is C103H121N23O2S3. The monoisotopic (exact) mass is 1810 g/mol. The van der Waals surface area contributed by atoms with Crippen LogP contribution in [0.25, 0.3) is 104 Å². The van der Waals surface area contributed by atoms with E-state index in [4.69, 9.17) is 9.05 Å². The second-order valence-electron chi connectivity index (χ2n) is 34.8. The second kappa shape index (κ2) is 46.2. The van der Waals surface area contributed by atoms with Crippen LogP contribution in [0.3, 0.4) is 0 Å². The van der Waals surface area contributed by atoms with Gasteiger partial charge in [-0.25, -0.2) is 29.0 Å². The molecule has 0 aliphatic heterocycles. The van der Waals surface area contributed by atoms with Crippen molar-refractivity contribution in [3.05, 3.63) is 305 Å². The highest BCUT2D eigenvalue weighted by Gasteiger charge is 2.18. The molecule has 18 heterocycles. The van der Waals surface area contributed by atoms with Crippen LogP contribution >= 0.6 is 34.4 Å². The molecule has 0 spiro atoms. The third-order valence-corrected chi connectivity index (χ3v) is 24.2. The number of fused-ring (bicyclic) bond motifs is 11. The Bertz CT molecular complexity index is 5920. The number of benzene rings is 4. The van der Waals surface area contributed by atoms with Crippen LogP contribution in [0.5, 0.6) is 0 Å². The van der Waals surface area contributed by atoms with Crippen LogP contribution in [0.1, 0.15) is 273 Å². The molecule has 131 heavy (non-hydrogen) atoms. The van der Waals surface area contributed by atoms with Gasteiger partial charge in [-0.1, -0.05) is 222 Å². The molecule has 28 heteroatoms. The average Bonchev–Trinajstić information content (AvgIpc) is 1.66. The zero-order chi connectivity index (χ0) is 93.4. The van der Waals surface area contributed by atoms with Crippen LogP contribution in [-0.2, 0) is 0 Å². The third-order valence-electron chi connectivity index (χ3n) is 21.1. The minimum absolute atomic E-state index is 0.338. The van der Waals surface area contributed by atoms with Gasteiger partial charge in [0.25, 0.3) is 0 Å². The van der Waals surface area contributed by atoms with Crippen molar-refractivity contribution in [2.24, 2.45) is 0 Å². The molecule has 0 atom stereocenters. The van der Waals surface area contributed by atoms with E-state index in [-0.39, 0.29) is 0 Å². The number of aromatic nitrogens is 23. The molecule has 25 nitrogen and oxygen atoms in total. The number of H-pyrrole nitrogens is 3. The minimum Gasteiger partial charge on any atom is -0.360 e. The van der Waals surface area contributed by atoms with Gasteiger partial charge in [-0.2, -0.15) is 34.2 Å². The second-order valence-corrected chi connectivity index (χ2v) is 37.2. The van der Waals surface area contributed by atoms with Crippen LogP contribution in [0.2, 0.25) is 0 Å². The van der Waals surface area contributed by atoms with Crippen molar-refractivity contribution in [2.45, 2.75) is 218 Å². The predicted octanol–water partition coefficient (Wildman–Crippen LogP) is 27.8. The van der Waals surface area contributed by atoms with Crippen molar-refractivity contribution in [1.29, 1.82) is 0 Å². The first-order chi connectivity index (χ1) is 63.2. The molecule has 678 valence electrons. The quantitative estimate of drug-likeness (QED) is 0.108. The maximum Gasteiger partial charge on any atom is 0.165 e. The standard InChI is InChI=1S/4C10H12N2.C10H11NO.C10H11NS.2C9H11N3.C9H10N2O.C9H10N2S.C7H9N3S/c1-8(2)9-7-11-10-5-3-4-6-12(9)10;1-8(2)9-7-11-12-6-4-3-5-10(9)12;1-8(2)12-7-11-9-5-3-4-6-10(9)12;3*1-7(2)10-8-5-3-4-6-9(8)11-12-10;1-7(2)8-6-10-9-4-3-5-11-12(8)9;1-6(2)8-9-7(11-12-8)4-3-5-10-9;2*1-6(2)9-8-7(11-12-9)4-3-5-10-8;1-4(2)5-6-7(10-9-5)11-3-8-6/h3*3-8H,1-2H3;3-7H,1-2H3,(H,11,12);3*3-7H,1-2H3;3-6H,1-2H3,(H,11,12);2*3-6H,1-2H3;3-4H,1-2H3,(H,9,10). The van der Waals surface area contributed by atoms with E-state index in [0.717, 1.165) is 111 Å². The number of thiazole rings is 1. The molecule has 0 saturated heterocycles. The fourth-order valence-electron chi connectivity index (χ4n) is 14.2. The van der Waals surface area contributed by atoms with Gasteiger partial charge in [0.1, 0.15) is 55.5 Å². The molecule has 22 rings (SSSR count). The summed E-state index contributed by atoms with van der Waals surface area (Å²) in [6.45, 7) is 47.3. The molecule has 4 aromatic carbocycles. The number of nitrogens with one attached hydrogen (secondary N) is 3. The fraction of sp³-hybridized carbons (Fsp3) is 0.320. The van der Waals surface area contributed by atoms with Crippen molar-refractivity contribution in [3.8, 4) is 0 Å². The number of para-hydroxylation sites is 3. The first kappa shape index (κ1) is 96.6. The van der Waals surface area contributed by atoms with E-state index >= 15 is 0 Å². The fourth-order valence-corrected chi connectivity index (χ4v) is 16.4. The maximum absolute atomic E-state index is 5.23. The summed E-state index contributed by atoms with van der Waals surface area (Å²) < 4.78 is 27.2. The number of pyridine rings is 5. The van der Waals surface area contributed by atoms with Gasteiger partial charge in [-0.3, -0.25) is 30.2 Å². The third kappa shape index (κ3) is 24.6. The lowest BCUT2D eigenvalue weighted by molar-refractivity contribution is 0.378. The summed E-state index contributed by atoms with van der Waals surface area (Å²) in [7, 11) is 0. The predicted molar refractivity (Wildman–Crippen MR) is 539 cm³/mol. The van der Waals surface area contributed by atoms with Crippen molar-refractivity contribution < 1.29 is 9.05 Å². The van der Waals surface area contributed by atoms with Crippen LogP contribution in [0.4, 0.5) is 0 Å². The van der Waals surface area contributed by atoms with Gasteiger partial charge in [0, 0.05) is 99.2 Å². The Labute approximate surface area is 777 Å². The van der Waals surface area contributed by atoms with E-state index in [9.17, 15) is 0 Å². The summed E-state index contributed by atoms with van der Waals surface area (Å²) in [6.07, 6.45) is 18.8. The van der Waals surface area contributed by atoms with Gasteiger partial charge < -0.3 is 18.0 Å². The van der Waals surface area contributed by atoms with Crippen LogP contribution < -0.4 is 0 Å². The lowest BCUT2D eigenvalue weighted by atomic mass is 10.1. The first-order valence-electron chi connectivity index (χ1n) is 44.8. The van der Waals surface area contributed by atoms with E-state index < -0.39 is 0 Å². The summed E-state index contributed by atoms with van der Waals surface area (Å²) in [4.78, 5) is 33.5. The number of hydrogen-bond acceptors (Lipinski definition) is 21. The molecule has 0 radical (unpaired) electrons. The SMILES string of the molecule is CC(C)c1[nH]nc2ccccc12.CC(C)c1[nH]nc2cccnc12.CC(C)c1[nH]nc2scnc12.CC(C)c1cnc2ccccn12.CC(C)c1cnc2cccnn12.CC(C)c1cnn2ccccc12.CC(C)c1onc2ccccc12.CC(C)c1onc2cccnc12.CC(C)c1snc2ccccc12.CC(C)c1snc2cccnc12.CC(C)n1cnc2ccccc21. The lowest BCUT2D eigenvalue weighted by Gasteiger charge is -2.06. The maximum atomic E-state index is 5.23. The average molecular weight is 1810 g/mol. The van der Waals surface area contributed by atoms with Crippen molar-refractivity contribution >= 4 is 138 Å². The lowest BCUT2D eigenvalue weighted by Crippen LogP contribution is -1.97. The molecule has 0 amide bonds. The van der Waals surface area contributed by atoms with E-state index in [1.54, 1.807) is 53.0 Å². The van der Waals surface area contributed by atoms with Gasteiger partial charge >= 0.3 is 0 Å². The van der Waals surface area contributed by atoms with E-state index in [0.29, 0.717) is 65.2 Å². The number of nitrogens with zero attached hydrogens (tertiary/aromatic N) is 20. The zero-order valence-electron chi connectivity index (χ0n) is 79.0. The summed E-state index contributed by atoms with van der Waals surface area (Å²) in [5.41, 5.74) is 24.4. The number of hydrogen-bond donors (Lipinski definition) is 3. The number of imidazole rings is 3. The molecule has 0 fully saturated rings. The Morgan fingerprint density at radius 1 is 0.328 bits per heavy atom. The van der Waals surface area contributed by atoms with Gasteiger partial charge in [-0.05, 0) is 193 Å². The van der Waals surface area contributed by atoms with E-state index in [1.807, 2.05) is 197 Å². The summed E-state index contributed by atoms with van der Waals surface area (Å²) in [5.74, 6) is 6.67. The molecule has 0 bridgehead atoms. The summed E-state index contributed by atoms with van der Waals surface area (Å²) in [5, 5.41) is 41.6. The summed E-state index contributed by atoms with van der Waals surface area (Å²) >= 11 is 4.75. The zero-order valence-corrected chi connectivity index (χ0v) is 81.5. The van der Waals surface area contributed by atoms with Crippen molar-refractivity contribution in [2.75, 3.05) is 0 Å². The van der Waals surface area contributed by atoms with Gasteiger partial charge in [0.15, 0.2) is 16.2 Å².